The van der Waals surface area contributed by atoms with Gasteiger partial charge >= 0.3 is 0 Å². The molecule has 0 radical (unpaired) electrons. The molecule has 7 heteroatoms. The van der Waals surface area contributed by atoms with E-state index in [4.69, 9.17) is 4.98 Å². The standard InChI is InChI=1S/C17H16N6S/c1-23-16-14(9-21-23)15(19-11-20-16)18-8-7-13-10-24-17(22-13)12-5-3-2-4-6-12/h2-6,9-11H,7-8H2,1H3,(H,18,19,20). The van der Waals surface area contributed by atoms with E-state index in [1.54, 1.807) is 28.5 Å². The van der Waals surface area contributed by atoms with Crippen molar-refractivity contribution in [3.63, 3.8) is 0 Å². The van der Waals surface area contributed by atoms with Crippen molar-refractivity contribution in [3.05, 3.63) is 53.9 Å². The first kappa shape index (κ1) is 14.8. The minimum absolute atomic E-state index is 0.763. The Bertz CT molecular complexity index is 960. The number of benzene rings is 1. The first-order chi connectivity index (χ1) is 11.8. The predicted molar refractivity (Wildman–Crippen MR) is 96.0 cm³/mol. The molecule has 4 aromatic rings. The van der Waals surface area contributed by atoms with Gasteiger partial charge in [-0.15, -0.1) is 11.3 Å². The molecule has 24 heavy (non-hydrogen) atoms. The van der Waals surface area contributed by atoms with Crippen LogP contribution in [0, 0.1) is 0 Å². The molecule has 3 heterocycles. The Morgan fingerprint density at radius 1 is 1.17 bits per heavy atom. The van der Waals surface area contributed by atoms with E-state index in [2.05, 4.69) is 37.9 Å². The maximum atomic E-state index is 4.71. The van der Waals surface area contributed by atoms with E-state index in [1.165, 1.54) is 0 Å². The summed E-state index contributed by atoms with van der Waals surface area (Å²) in [7, 11) is 1.87. The van der Waals surface area contributed by atoms with Gasteiger partial charge in [0.2, 0.25) is 0 Å². The van der Waals surface area contributed by atoms with Crippen LogP contribution < -0.4 is 5.32 Å². The highest BCUT2D eigenvalue weighted by atomic mass is 32.1. The molecule has 0 fully saturated rings. The van der Waals surface area contributed by atoms with Gasteiger partial charge in [-0.1, -0.05) is 30.3 Å². The van der Waals surface area contributed by atoms with Crippen molar-refractivity contribution >= 4 is 28.2 Å². The molecule has 0 atom stereocenters. The van der Waals surface area contributed by atoms with Crippen molar-refractivity contribution < 1.29 is 0 Å². The molecule has 0 saturated heterocycles. The maximum Gasteiger partial charge on any atom is 0.163 e. The van der Waals surface area contributed by atoms with Gasteiger partial charge in [-0.3, -0.25) is 4.68 Å². The molecule has 6 nitrogen and oxygen atoms in total. The topological polar surface area (TPSA) is 68.5 Å². The number of nitrogens with one attached hydrogen (secondary N) is 1. The number of hydrogen-bond donors (Lipinski definition) is 1. The molecule has 0 amide bonds. The highest BCUT2D eigenvalue weighted by Crippen LogP contribution is 2.23. The van der Waals surface area contributed by atoms with Gasteiger partial charge in [0, 0.05) is 31.0 Å². The Labute approximate surface area is 143 Å². The number of aromatic nitrogens is 5. The number of aryl methyl sites for hydroxylation is 1. The van der Waals surface area contributed by atoms with Crippen molar-refractivity contribution in [1.29, 1.82) is 0 Å². The second kappa shape index (κ2) is 6.37. The third kappa shape index (κ3) is 2.85. The zero-order chi connectivity index (χ0) is 16.4. The summed E-state index contributed by atoms with van der Waals surface area (Å²) in [5.74, 6) is 0.812. The number of thiazole rings is 1. The number of fused-ring (bicyclic) bond motifs is 1. The first-order valence-electron chi connectivity index (χ1n) is 7.67. The number of anilines is 1. The van der Waals surface area contributed by atoms with E-state index in [9.17, 15) is 0 Å². The Kier molecular flexibility index (Phi) is 3.92. The van der Waals surface area contributed by atoms with Crippen molar-refractivity contribution in [1.82, 2.24) is 24.7 Å². The SMILES string of the molecule is Cn1ncc2c(NCCc3csc(-c4ccccc4)n3)ncnc21. The van der Waals surface area contributed by atoms with Gasteiger partial charge in [-0.25, -0.2) is 15.0 Å². The Morgan fingerprint density at radius 3 is 2.92 bits per heavy atom. The van der Waals surface area contributed by atoms with Crippen LogP contribution in [0.4, 0.5) is 5.82 Å². The number of nitrogens with zero attached hydrogens (tertiary/aromatic N) is 5. The molecule has 0 spiro atoms. The summed E-state index contributed by atoms with van der Waals surface area (Å²) < 4.78 is 1.74. The van der Waals surface area contributed by atoms with Crippen LogP contribution >= 0.6 is 11.3 Å². The third-order valence-electron chi connectivity index (χ3n) is 3.78. The quantitative estimate of drug-likeness (QED) is 0.606. The molecule has 0 aliphatic heterocycles. The van der Waals surface area contributed by atoms with Gasteiger partial charge in [-0.05, 0) is 0 Å². The minimum atomic E-state index is 0.763. The summed E-state index contributed by atoms with van der Waals surface area (Å²) in [6.07, 6.45) is 4.19. The molecule has 1 N–H and O–H groups in total. The summed E-state index contributed by atoms with van der Waals surface area (Å²) in [5, 5.41) is 11.7. The first-order valence-corrected chi connectivity index (χ1v) is 8.55. The smallest absolute Gasteiger partial charge is 0.163 e. The maximum absolute atomic E-state index is 4.71. The second-order valence-electron chi connectivity index (χ2n) is 5.41. The highest BCUT2D eigenvalue weighted by molar-refractivity contribution is 7.13. The fraction of sp³-hybridized carbons (Fsp3) is 0.176. The van der Waals surface area contributed by atoms with Gasteiger partial charge < -0.3 is 5.32 Å². The fourth-order valence-corrected chi connectivity index (χ4v) is 3.41. The van der Waals surface area contributed by atoms with Crippen molar-refractivity contribution in [2.45, 2.75) is 6.42 Å². The van der Waals surface area contributed by atoms with Crippen molar-refractivity contribution in [2.24, 2.45) is 7.05 Å². The zero-order valence-corrected chi connectivity index (χ0v) is 14.0. The highest BCUT2D eigenvalue weighted by Gasteiger charge is 2.08. The fourth-order valence-electron chi connectivity index (χ4n) is 2.55. The van der Waals surface area contributed by atoms with Gasteiger partial charge in [0.1, 0.15) is 17.2 Å². The van der Waals surface area contributed by atoms with Crippen molar-refractivity contribution in [3.8, 4) is 10.6 Å². The summed E-state index contributed by atoms with van der Waals surface area (Å²) in [5.41, 5.74) is 3.07. The van der Waals surface area contributed by atoms with E-state index < -0.39 is 0 Å². The van der Waals surface area contributed by atoms with Gasteiger partial charge in [0.25, 0.3) is 0 Å². The van der Waals surface area contributed by atoms with Crippen LogP contribution in [0.5, 0.6) is 0 Å². The Balaban J connectivity index is 1.43. The molecule has 3 aromatic heterocycles. The summed E-state index contributed by atoms with van der Waals surface area (Å²) >= 11 is 1.68. The monoisotopic (exact) mass is 336 g/mol. The molecule has 4 rings (SSSR count). The molecule has 0 bridgehead atoms. The van der Waals surface area contributed by atoms with E-state index in [0.29, 0.717) is 0 Å². The molecule has 0 aliphatic carbocycles. The molecule has 1 aromatic carbocycles. The van der Waals surface area contributed by atoms with Crippen LogP contribution in [-0.4, -0.2) is 31.3 Å². The summed E-state index contributed by atoms with van der Waals surface area (Å²) in [6, 6.07) is 10.3. The lowest BCUT2D eigenvalue weighted by Gasteiger charge is -2.05. The van der Waals surface area contributed by atoms with E-state index in [0.717, 1.165) is 46.1 Å². The Hall–Kier alpha value is -2.80. The lowest BCUT2D eigenvalue weighted by molar-refractivity contribution is 0.785. The average Bonchev–Trinajstić information content (AvgIpc) is 3.24. The van der Waals surface area contributed by atoms with Crippen molar-refractivity contribution in [2.75, 3.05) is 11.9 Å². The van der Waals surface area contributed by atoms with Gasteiger partial charge in [0.15, 0.2) is 5.65 Å². The minimum Gasteiger partial charge on any atom is -0.369 e. The molecule has 0 saturated carbocycles. The molecule has 0 aliphatic rings. The largest absolute Gasteiger partial charge is 0.369 e. The molecule has 120 valence electrons. The second-order valence-corrected chi connectivity index (χ2v) is 6.27. The number of hydrogen-bond acceptors (Lipinski definition) is 6. The normalized spacial score (nSPS) is 11.0. The van der Waals surface area contributed by atoms with Crippen LogP contribution in [0.3, 0.4) is 0 Å². The molecule has 0 unspecified atom stereocenters. The van der Waals surface area contributed by atoms with Crippen LogP contribution in [-0.2, 0) is 13.5 Å². The predicted octanol–water partition coefficient (Wildman–Crippen LogP) is 3.14. The third-order valence-corrected chi connectivity index (χ3v) is 4.72. The van der Waals surface area contributed by atoms with Crippen LogP contribution in [0.2, 0.25) is 0 Å². The van der Waals surface area contributed by atoms with Gasteiger partial charge in [0.05, 0.1) is 17.3 Å². The van der Waals surface area contributed by atoms with E-state index in [-0.39, 0.29) is 0 Å². The molecular formula is C17H16N6S. The summed E-state index contributed by atoms with van der Waals surface area (Å²) in [6.45, 7) is 0.763. The van der Waals surface area contributed by atoms with Crippen LogP contribution in [0.1, 0.15) is 5.69 Å². The zero-order valence-electron chi connectivity index (χ0n) is 13.2. The lowest BCUT2D eigenvalue weighted by atomic mass is 10.2. The lowest BCUT2D eigenvalue weighted by Crippen LogP contribution is -2.07. The van der Waals surface area contributed by atoms with E-state index >= 15 is 0 Å². The molecular weight excluding hydrogens is 320 g/mol. The van der Waals surface area contributed by atoms with Crippen LogP contribution in [0.15, 0.2) is 48.2 Å². The summed E-state index contributed by atoms with van der Waals surface area (Å²) in [4.78, 5) is 13.3. The van der Waals surface area contributed by atoms with Crippen LogP contribution in [0.25, 0.3) is 21.6 Å². The van der Waals surface area contributed by atoms with Gasteiger partial charge in [-0.2, -0.15) is 5.10 Å². The van der Waals surface area contributed by atoms with E-state index in [1.807, 2.05) is 25.2 Å². The average molecular weight is 336 g/mol. The number of rotatable bonds is 5. The Morgan fingerprint density at radius 2 is 2.04 bits per heavy atom.